The van der Waals surface area contributed by atoms with Gasteiger partial charge in [-0.3, -0.25) is 4.79 Å². The van der Waals surface area contributed by atoms with Crippen molar-refractivity contribution in [2.75, 3.05) is 0 Å². The molecule has 1 unspecified atom stereocenters. The smallest absolute Gasteiger partial charge is 0.326 e. The summed E-state index contributed by atoms with van der Waals surface area (Å²) in [4.78, 5) is 23.6. The number of nitrogens with one attached hydrogen (secondary N) is 1. The molecular weight excluding hydrogens is 365 g/mol. The highest BCUT2D eigenvalue weighted by atomic mass is 35.5. The second-order valence-corrected chi connectivity index (χ2v) is 5.65. The monoisotopic (exact) mass is 383 g/mol. The van der Waals surface area contributed by atoms with Crippen LogP contribution in [0.25, 0.3) is 0 Å². The Hall–Kier alpha value is -2.24. The van der Waals surface area contributed by atoms with Gasteiger partial charge in [-0.2, -0.15) is 0 Å². The minimum absolute atomic E-state index is 0.0350. The molecular formula is C18H19Cl2NO4. The molecule has 25 heavy (non-hydrogen) atoms. The molecule has 1 amide bonds. The third-order valence-corrected chi connectivity index (χ3v) is 3.80. The molecule has 7 heteroatoms. The molecule has 3 N–H and O–H groups in total. The van der Waals surface area contributed by atoms with Crippen LogP contribution in [0.5, 0.6) is 5.75 Å². The standard InChI is InChI=1S/C16H13Cl2NO4.C2H6/c17-11-2-1-3-12(18)14(11)15(21)19-13(16(22)23)8-9-4-6-10(20)7-5-9;1-2/h1-7,13,20H,8H2,(H,19,21)(H,22,23);1-2H3. The zero-order valence-electron chi connectivity index (χ0n) is 13.8. The Kier molecular flexibility index (Phi) is 8.25. The second-order valence-electron chi connectivity index (χ2n) is 4.83. The van der Waals surface area contributed by atoms with Gasteiger partial charge in [-0.25, -0.2) is 4.79 Å². The summed E-state index contributed by atoms with van der Waals surface area (Å²) < 4.78 is 0. The van der Waals surface area contributed by atoms with Gasteiger partial charge in [0.05, 0.1) is 15.6 Å². The van der Waals surface area contributed by atoms with Gasteiger partial charge in [-0.15, -0.1) is 0 Å². The summed E-state index contributed by atoms with van der Waals surface area (Å²) >= 11 is 11.9. The molecule has 1 atom stereocenters. The van der Waals surface area contributed by atoms with Gasteiger partial charge in [0.1, 0.15) is 11.8 Å². The average molecular weight is 384 g/mol. The summed E-state index contributed by atoms with van der Waals surface area (Å²) in [6.07, 6.45) is 0.0590. The van der Waals surface area contributed by atoms with Crippen LogP contribution in [0.4, 0.5) is 0 Å². The molecule has 0 aliphatic heterocycles. The van der Waals surface area contributed by atoms with E-state index in [4.69, 9.17) is 23.2 Å². The van der Waals surface area contributed by atoms with Crippen LogP contribution in [0, 0.1) is 0 Å². The lowest BCUT2D eigenvalue weighted by Crippen LogP contribution is -2.42. The average Bonchev–Trinajstić information content (AvgIpc) is 2.57. The molecule has 134 valence electrons. The van der Waals surface area contributed by atoms with Crippen molar-refractivity contribution in [3.63, 3.8) is 0 Å². The van der Waals surface area contributed by atoms with Gasteiger partial charge in [0, 0.05) is 6.42 Å². The number of carbonyl (C=O) groups is 2. The second kappa shape index (κ2) is 9.91. The number of aliphatic carboxylic acids is 1. The number of carbonyl (C=O) groups excluding carboxylic acids is 1. The Bertz CT molecular complexity index is 712. The minimum atomic E-state index is -1.19. The SMILES string of the molecule is CC.O=C(NC(Cc1ccc(O)cc1)C(=O)O)c1c(Cl)cccc1Cl. The maximum atomic E-state index is 12.3. The summed E-state index contributed by atoms with van der Waals surface area (Å²) in [5.74, 6) is -1.77. The number of phenols is 1. The predicted molar refractivity (Wildman–Crippen MR) is 98.5 cm³/mol. The van der Waals surface area contributed by atoms with Gasteiger partial charge in [0.25, 0.3) is 5.91 Å². The van der Waals surface area contributed by atoms with Crippen molar-refractivity contribution in [3.05, 3.63) is 63.6 Å². The molecule has 0 spiro atoms. The molecule has 5 nitrogen and oxygen atoms in total. The van der Waals surface area contributed by atoms with Crippen molar-refractivity contribution in [2.45, 2.75) is 26.3 Å². The van der Waals surface area contributed by atoms with Crippen molar-refractivity contribution in [1.29, 1.82) is 0 Å². The van der Waals surface area contributed by atoms with Gasteiger partial charge < -0.3 is 15.5 Å². The highest BCUT2D eigenvalue weighted by Gasteiger charge is 2.23. The summed E-state index contributed by atoms with van der Waals surface area (Å²) in [5.41, 5.74) is 0.688. The van der Waals surface area contributed by atoms with Crippen LogP contribution in [-0.2, 0) is 11.2 Å². The fourth-order valence-electron chi connectivity index (χ4n) is 2.01. The predicted octanol–water partition coefficient (Wildman–Crippen LogP) is 4.15. The van der Waals surface area contributed by atoms with E-state index in [0.29, 0.717) is 5.56 Å². The number of hydrogen-bond donors (Lipinski definition) is 3. The number of rotatable bonds is 5. The van der Waals surface area contributed by atoms with Gasteiger partial charge in [-0.05, 0) is 29.8 Å². The number of aromatic hydroxyl groups is 1. The van der Waals surface area contributed by atoms with E-state index in [9.17, 15) is 19.8 Å². The van der Waals surface area contributed by atoms with Crippen molar-refractivity contribution < 1.29 is 19.8 Å². The van der Waals surface area contributed by atoms with Crippen LogP contribution >= 0.6 is 23.2 Å². The van der Waals surface area contributed by atoms with E-state index >= 15 is 0 Å². The van der Waals surface area contributed by atoms with Crippen LogP contribution < -0.4 is 5.32 Å². The molecule has 2 rings (SSSR count). The molecule has 0 aromatic heterocycles. The lowest BCUT2D eigenvalue weighted by molar-refractivity contribution is -0.139. The molecule has 0 aliphatic carbocycles. The van der Waals surface area contributed by atoms with Crippen LogP contribution in [0.2, 0.25) is 10.0 Å². The van der Waals surface area contributed by atoms with Gasteiger partial charge in [0.2, 0.25) is 0 Å². The van der Waals surface area contributed by atoms with Gasteiger partial charge in [0.15, 0.2) is 0 Å². The Labute approximate surface area is 156 Å². The van der Waals surface area contributed by atoms with Crippen molar-refractivity contribution in [1.82, 2.24) is 5.32 Å². The van der Waals surface area contributed by atoms with Crippen molar-refractivity contribution >= 4 is 35.1 Å². The van der Waals surface area contributed by atoms with E-state index in [2.05, 4.69) is 5.32 Å². The van der Waals surface area contributed by atoms with Crippen molar-refractivity contribution in [2.24, 2.45) is 0 Å². The molecule has 0 fully saturated rings. The zero-order valence-corrected chi connectivity index (χ0v) is 15.3. The third-order valence-electron chi connectivity index (χ3n) is 3.17. The summed E-state index contributed by atoms with van der Waals surface area (Å²) in [6, 6.07) is 9.49. The topological polar surface area (TPSA) is 86.6 Å². The fourth-order valence-corrected chi connectivity index (χ4v) is 2.58. The third kappa shape index (κ3) is 5.96. The van der Waals surface area contributed by atoms with E-state index < -0.39 is 17.9 Å². The minimum Gasteiger partial charge on any atom is -0.508 e. The Morgan fingerprint density at radius 2 is 1.56 bits per heavy atom. The normalized spacial score (nSPS) is 11.0. The summed E-state index contributed by atoms with van der Waals surface area (Å²) in [5, 5.41) is 21.2. The molecule has 0 saturated heterocycles. The van der Waals surface area contributed by atoms with E-state index in [0.717, 1.165) is 0 Å². The van der Waals surface area contributed by atoms with E-state index in [1.54, 1.807) is 18.2 Å². The van der Waals surface area contributed by atoms with Gasteiger partial charge >= 0.3 is 5.97 Å². The van der Waals surface area contributed by atoms with E-state index in [1.165, 1.54) is 24.3 Å². The highest BCUT2D eigenvalue weighted by Crippen LogP contribution is 2.24. The lowest BCUT2D eigenvalue weighted by Gasteiger charge is -2.16. The maximum Gasteiger partial charge on any atom is 0.326 e. The first-order valence-corrected chi connectivity index (χ1v) is 8.39. The number of amides is 1. The largest absolute Gasteiger partial charge is 0.508 e. The Balaban J connectivity index is 0.00000151. The summed E-state index contributed by atoms with van der Waals surface area (Å²) in [6.45, 7) is 4.00. The number of phenolic OH excluding ortho intramolecular Hbond substituents is 1. The molecule has 0 heterocycles. The number of hydrogen-bond acceptors (Lipinski definition) is 3. The number of carboxylic acids is 1. The maximum absolute atomic E-state index is 12.3. The molecule has 0 bridgehead atoms. The Morgan fingerprint density at radius 1 is 1.04 bits per heavy atom. The first-order chi connectivity index (χ1) is 11.9. The van der Waals surface area contributed by atoms with Gasteiger partial charge in [-0.1, -0.05) is 55.2 Å². The van der Waals surface area contributed by atoms with Crippen molar-refractivity contribution in [3.8, 4) is 5.75 Å². The molecule has 0 saturated carbocycles. The fraction of sp³-hybridized carbons (Fsp3) is 0.222. The number of halogens is 2. The molecule has 2 aromatic carbocycles. The first kappa shape index (κ1) is 20.8. The molecule has 2 aromatic rings. The van der Waals surface area contributed by atoms with E-state index in [-0.39, 0.29) is 27.8 Å². The highest BCUT2D eigenvalue weighted by molar-refractivity contribution is 6.39. The lowest BCUT2D eigenvalue weighted by atomic mass is 10.1. The number of carboxylic acid groups (broad SMARTS) is 1. The van der Waals surface area contributed by atoms with Crippen LogP contribution in [0.15, 0.2) is 42.5 Å². The van der Waals surface area contributed by atoms with Crippen LogP contribution in [0.3, 0.4) is 0 Å². The molecule has 0 aliphatic rings. The zero-order chi connectivity index (χ0) is 19.0. The Morgan fingerprint density at radius 3 is 2.04 bits per heavy atom. The summed E-state index contributed by atoms with van der Waals surface area (Å²) in [7, 11) is 0. The van der Waals surface area contributed by atoms with E-state index in [1.807, 2.05) is 13.8 Å². The number of benzene rings is 2. The van der Waals surface area contributed by atoms with Crippen LogP contribution in [0.1, 0.15) is 29.8 Å². The quantitative estimate of drug-likeness (QED) is 0.723. The molecule has 0 radical (unpaired) electrons. The van der Waals surface area contributed by atoms with Crippen LogP contribution in [-0.4, -0.2) is 28.1 Å². The first-order valence-electron chi connectivity index (χ1n) is 7.64.